The summed E-state index contributed by atoms with van der Waals surface area (Å²) in [6.45, 7) is 0. The number of benzene rings is 4. The lowest BCUT2D eigenvalue weighted by atomic mass is 9.88. The van der Waals surface area contributed by atoms with Gasteiger partial charge in [-0.25, -0.2) is 26.0 Å². The van der Waals surface area contributed by atoms with E-state index in [1.54, 1.807) is 0 Å². The van der Waals surface area contributed by atoms with Crippen molar-refractivity contribution in [2.75, 3.05) is 0 Å². The second-order valence-corrected chi connectivity index (χ2v) is 13.8. The van der Waals surface area contributed by atoms with Gasteiger partial charge >= 0.3 is 12.1 Å². The van der Waals surface area contributed by atoms with Crippen molar-refractivity contribution in [2.45, 2.75) is 37.1 Å². The SMILES string of the molecule is N#Cc1cccc(C#N)c1-c1c(-c2cccc(-c3ccc(C(=O)O)cc3F)c2)n(S(=O)(=O)C2CCC(C(F)(F)F)CC2)c2ccc(F)cc12. The first-order chi connectivity index (χ1) is 23.3. The van der Waals surface area contributed by atoms with Crippen molar-refractivity contribution in [3.63, 3.8) is 0 Å². The summed E-state index contributed by atoms with van der Waals surface area (Å²) in [5, 5.41) is 28.2. The average Bonchev–Trinajstić information content (AvgIpc) is 3.42. The van der Waals surface area contributed by atoms with Crippen molar-refractivity contribution >= 4 is 26.9 Å². The topological polar surface area (TPSA) is 124 Å². The van der Waals surface area contributed by atoms with Gasteiger partial charge in [-0.05, 0) is 79.8 Å². The van der Waals surface area contributed by atoms with Gasteiger partial charge in [-0.3, -0.25) is 0 Å². The number of hydrogen-bond donors (Lipinski definition) is 1. The molecule has 0 amide bonds. The van der Waals surface area contributed by atoms with Crippen molar-refractivity contribution in [3.8, 4) is 45.6 Å². The van der Waals surface area contributed by atoms with Gasteiger partial charge in [0.15, 0.2) is 0 Å². The zero-order chi connectivity index (χ0) is 35.2. The average molecular weight is 690 g/mol. The van der Waals surface area contributed by atoms with Crippen LogP contribution >= 0.6 is 0 Å². The van der Waals surface area contributed by atoms with Crippen molar-refractivity contribution in [2.24, 2.45) is 5.92 Å². The highest BCUT2D eigenvalue weighted by Crippen LogP contribution is 2.47. The van der Waals surface area contributed by atoms with Crippen LogP contribution in [0.5, 0.6) is 0 Å². The highest BCUT2D eigenvalue weighted by atomic mass is 32.2. The number of aromatic carboxylic acids is 1. The number of carboxylic acids is 1. The van der Waals surface area contributed by atoms with Gasteiger partial charge < -0.3 is 5.11 Å². The van der Waals surface area contributed by atoms with E-state index in [2.05, 4.69) is 0 Å². The molecule has 1 heterocycles. The van der Waals surface area contributed by atoms with Crippen LogP contribution in [0.1, 0.15) is 47.2 Å². The van der Waals surface area contributed by atoms with E-state index in [0.29, 0.717) is 0 Å². The van der Waals surface area contributed by atoms with Crippen LogP contribution in [-0.4, -0.2) is 34.9 Å². The van der Waals surface area contributed by atoms with Crippen LogP contribution in [0.2, 0.25) is 0 Å². The lowest BCUT2D eigenvalue weighted by Gasteiger charge is -2.30. The molecular weight excluding hydrogens is 665 g/mol. The Hall–Kier alpha value is -5.53. The zero-order valence-electron chi connectivity index (χ0n) is 25.3. The molecule has 7 nitrogen and oxygen atoms in total. The van der Waals surface area contributed by atoms with E-state index in [4.69, 9.17) is 0 Å². The maximum Gasteiger partial charge on any atom is 0.391 e. The summed E-state index contributed by atoms with van der Waals surface area (Å²) in [6.07, 6.45) is -5.93. The van der Waals surface area contributed by atoms with Gasteiger partial charge in [0.1, 0.15) is 11.6 Å². The Morgan fingerprint density at radius 3 is 2.04 bits per heavy atom. The van der Waals surface area contributed by atoms with Crippen LogP contribution in [0.25, 0.3) is 44.4 Å². The predicted octanol–water partition coefficient (Wildman–Crippen LogP) is 8.66. The molecule has 0 atom stereocenters. The summed E-state index contributed by atoms with van der Waals surface area (Å²) in [7, 11) is -4.55. The minimum atomic E-state index is -4.55. The van der Waals surface area contributed by atoms with Gasteiger partial charge in [0.2, 0.25) is 10.0 Å². The number of carboxylic acid groups (broad SMARTS) is 1. The highest BCUT2D eigenvalue weighted by Gasteiger charge is 2.45. The molecule has 1 aliphatic carbocycles. The van der Waals surface area contributed by atoms with Crippen LogP contribution in [0, 0.1) is 40.2 Å². The molecule has 0 bridgehead atoms. The van der Waals surface area contributed by atoms with E-state index in [-0.39, 0.29) is 73.9 Å². The van der Waals surface area contributed by atoms with Crippen LogP contribution < -0.4 is 0 Å². The van der Waals surface area contributed by atoms with Crippen LogP contribution in [0.15, 0.2) is 78.9 Å². The van der Waals surface area contributed by atoms with Crippen LogP contribution in [-0.2, 0) is 10.0 Å². The van der Waals surface area contributed by atoms with E-state index >= 15 is 4.39 Å². The third-order valence-electron chi connectivity index (χ3n) is 8.92. The fourth-order valence-corrected chi connectivity index (χ4v) is 8.63. The van der Waals surface area contributed by atoms with Gasteiger partial charge in [0.05, 0.1) is 51.2 Å². The maximum absolute atomic E-state index is 15.3. The summed E-state index contributed by atoms with van der Waals surface area (Å²) >= 11 is 0. The molecule has 6 rings (SSSR count). The summed E-state index contributed by atoms with van der Waals surface area (Å²) in [5.41, 5.74) is -0.171. The fourth-order valence-electron chi connectivity index (χ4n) is 6.58. The molecule has 1 N–H and O–H groups in total. The molecule has 1 aromatic heterocycles. The molecule has 0 spiro atoms. The Balaban J connectivity index is 1.68. The molecular formula is C36H24F5N3O4S. The Morgan fingerprint density at radius 2 is 1.45 bits per heavy atom. The normalized spacial score (nSPS) is 16.6. The first kappa shape index (κ1) is 33.4. The number of alkyl halides is 3. The predicted molar refractivity (Wildman–Crippen MR) is 171 cm³/mol. The lowest BCUT2D eigenvalue weighted by molar-refractivity contribution is -0.181. The number of nitrogens with zero attached hydrogens (tertiary/aromatic N) is 3. The number of halogens is 5. The molecule has 13 heteroatoms. The highest BCUT2D eigenvalue weighted by molar-refractivity contribution is 7.90. The number of carbonyl (C=O) groups is 1. The molecule has 1 aliphatic rings. The molecule has 5 aromatic rings. The molecule has 1 saturated carbocycles. The van der Waals surface area contributed by atoms with Crippen molar-refractivity contribution in [1.82, 2.24) is 3.97 Å². The minimum absolute atomic E-state index is 0.00889. The van der Waals surface area contributed by atoms with Crippen molar-refractivity contribution < 1.29 is 40.3 Å². The van der Waals surface area contributed by atoms with E-state index in [0.717, 1.165) is 22.2 Å². The number of aromatic nitrogens is 1. The number of nitriles is 2. The molecule has 0 radical (unpaired) electrons. The van der Waals surface area contributed by atoms with E-state index in [9.17, 15) is 46.4 Å². The Morgan fingerprint density at radius 1 is 0.816 bits per heavy atom. The fraction of sp³-hybridized carbons (Fsp3) is 0.194. The first-order valence-corrected chi connectivity index (χ1v) is 16.5. The first-order valence-electron chi connectivity index (χ1n) is 15.0. The van der Waals surface area contributed by atoms with E-state index in [1.165, 1.54) is 60.7 Å². The summed E-state index contributed by atoms with van der Waals surface area (Å²) in [6, 6.07) is 20.8. The van der Waals surface area contributed by atoms with Crippen molar-refractivity contribution in [1.29, 1.82) is 10.5 Å². The van der Waals surface area contributed by atoms with Gasteiger partial charge in [0.25, 0.3) is 0 Å². The molecule has 4 aromatic carbocycles. The summed E-state index contributed by atoms with van der Waals surface area (Å²) < 4.78 is 101. The number of hydrogen-bond acceptors (Lipinski definition) is 5. The van der Waals surface area contributed by atoms with Gasteiger partial charge in [0, 0.05) is 27.6 Å². The monoisotopic (exact) mass is 689 g/mol. The van der Waals surface area contributed by atoms with Gasteiger partial charge in [-0.15, -0.1) is 0 Å². The third kappa shape index (κ3) is 5.91. The van der Waals surface area contributed by atoms with Crippen molar-refractivity contribution in [3.05, 3.63) is 107 Å². The smallest absolute Gasteiger partial charge is 0.391 e. The summed E-state index contributed by atoms with van der Waals surface area (Å²) in [4.78, 5) is 11.4. The molecule has 0 unspecified atom stereocenters. The Kier molecular flexibility index (Phi) is 8.51. The van der Waals surface area contributed by atoms with Crippen LogP contribution in [0.3, 0.4) is 0 Å². The Labute approximate surface area is 277 Å². The minimum Gasteiger partial charge on any atom is -0.478 e. The Bertz CT molecular complexity index is 2310. The second kappa shape index (κ2) is 12.5. The molecule has 0 aliphatic heterocycles. The lowest BCUT2D eigenvalue weighted by Crippen LogP contribution is -2.35. The largest absolute Gasteiger partial charge is 0.478 e. The summed E-state index contributed by atoms with van der Waals surface area (Å²) in [5.74, 6) is -4.65. The molecule has 49 heavy (non-hydrogen) atoms. The van der Waals surface area contributed by atoms with Gasteiger partial charge in [-0.2, -0.15) is 23.7 Å². The standard InChI is InChI=1S/C36H24F5N3O4S/c37-26-10-14-31-29(17-26)33(32-23(18-42)5-2-6-24(32)19-43)34(44(31)49(47,48)27-11-8-25(9-12-27)36(39,40)41)21-4-1-3-20(15-21)28-13-7-22(35(45)46)16-30(28)38/h1-7,10,13-17,25,27H,8-9,11-12H2,(H,45,46). The second-order valence-electron chi connectivity index (χ2n) is 11.7. The van der Waals surface area contributed by atoms with E-state index < -0.39 is 57.8 Å². The quantitative estimate of drug-likeness (QED) is 0.178. The number of fused-ring (bicyclic) bond motifs is 1. The number of rotatable bonds is 6. The maximum atomic E-state index is 15.3. The third-order valence-corrected chi connectivity index (χ3v) is 11.1. The zero-order valence-corrected chi connectivity index (χ0v) is 26.1. The van der Waals surface area contributed by atoms with E-state index in [1.807, 2.05) is 12.1 Å². The van der Waals surface area contributed by atoms with Crippen LogP contribution in [0.4, 0.5) is 22.0 Å². The molecule has 0 saturated heterocycles. The molecule has 248 valence electrons. The molecule has 1 fully saturated rings. The van der Waals surface area contributed by atoms with Gasteiger partial charge in [-0.1, -0.05) is 30.3 Å².